The SMILES string of the molecule is Cc1ccc(C(=O)NC(=S)N2CCN(C)CC2)cc1I. The third kappa shape index (κ3) is 3.89. The number of rotatable bonds is 1. The van der Waals surface area contributed by atoms with Gasteiger partial charge < -0.3 is 9.80 Å². The van der Waals surface area contributed by atoms with Crippen LogP contribution >= 0.6 is 34.8 Å². The fourth-order valence-electron chi connectivity index (χ4n) is 1.99. The zero-order valence-corrected chi connectivity index (χ0v) is 14.6. The molecule has 0 spiro atoms. The zero-order valence-electron chi connectivity index (χ0n) is 11.6. The van der Waals surface area contributed by atoms with Gasteiger partial charge in [-0.3, -0.25) is 10.1 Å². The van der Waals surface area contributed by atoms with Gasteiger partial charge in [0.2, 0.25) is 0 Å². The van der Waals surface area contributed by atoms with Gasteiger partial charge >= 0.3 is 0 Å². The van der Waals surface area contributed by atoms with Crippen LogP contribution in [0.4, 0.5) is 0 Å². The molecule has 2 rings (SSSR count). The van der Waals surface area contributed by atoms with Gasteiger partial charge in [-0.05, 0) is 66.5 Å². The largest absolute Gasteiger partial charge is 0.346 e. The van der Waals surface area contributed by atoms with Crippen LogP contribution in [-0.4, -0.2) is 54.0 Å². The van der Waals surface area contributed by atoms with Crippen LogP contribution in [0.5, 0.6) is 0 Å². The van der Waals surface area contributed by atoms with E-state index in [0.717, 1.165) is 29.7 Å². The van der Waals surface area contributed by atoms with E-state index in [1.807, 2.05) is 30.0 Å². The molecule has 1 aliphatic heterocycles. The number of hydrogen-bond donors (Lipinski definition) is 1. The molecule has 1 aliphatic rings. The molecule has 0 saturated carbocycles. The maximum atomic E-state index is 12.2. The minimum absolute atomic E-state index is 0.133. The average Bonchev–Trinajstić information content (AvgIpc) is 2.42. The van der Waals surface area contributed by atoms with Gasteiger partial charge in [0.1, 0.15) is 0 Å². The topological polar surface area (TPSA) is 35.6 Å². The number of amides is 1. The Morgan fingerprint density at radius 2 is 1.95 bits per heavy atom. The van der Waals surface area contributed by atoms with Crippen molar-refractivity contribution < 1.29 is 4.79 Å². The maximum absolute atomic E-state index is 12.2. The Morgan fingerprint density at radius 1 is 1.30 bits per heavy atom. The van der Waals surface area contributed by atoms with E-state index in [0.29, 0.717) is 10.7 Å². The van der Waals surface area contributed by atoms with E-state index in [4.69, 9.17) is 12.2 Å². The Labute approximate surface area is 138 Å². The fraction of sp³-hybridized carbons (Fsp3) is 0.429. The number of nitrogens with one attached hydrogen (secondary N) is 1. The fourth-order valence-corrected chi connectivity index (χ4v) is 2.78. The van der Waals surface area contributed by atoms with Crippen molar-refractivity contribution in [3.05, 3.63) is 32.9 Å². The Morgan fingerprint density at radius 3 is 2.55 bits per heavy atom. The van der Waals surface area contributed by atoms with Gasteiger partial charge in [0.15, 0.2) is 5.11 Å². The molecule has 0 radical (unpaired) electrons. The molecule has 1 N–H and O–H groups in total. The maximum Gasteiger partial charge on any atom is 0.257 e. The van der Waals surface area contributed by atoms with Crippen molar-refractivity contribution in [3.63, 3.8) is 0 Å². The number of carbonyl (C=O) groups excluding carboxylic acids is 1. The Balaban J connectivity index is 1.97. The lowest BCUT2D eigenvalue weighted by Gasteiger charge is -2.33. The molecule has 20 heavy (non-hydrogen) atoms. The Hall–Kier alpha value is -0.730. The van der Waals surface area contributed by atoms with Crippen LogP contribution in [0.25, 0.3) is 0 Å². The van der Waals surface area contributed by atoms with Gasteiger partial charge in [-0.25, -0.2) is 0 Å². The average molecular weight is 403 g/mol. The van der Waals surface area contributed by atoms with Crippen molar-refractivity contribution in [2.24, 2.45) is 0 Å². The summed E-state index contributed by atoms with van der Waals surface area (Å²) >= 11 is 7.55. The minimum Gasteiger partial charge on any atom is -0.346 e. The van der Waals surface area contributed by atoms with E-state index in [1.165, 1.54) is 5.56 Å². The van der Waals surface area contributed by atoms with Crippen LogP contribution in [0.3, 0.4) is 0 Å². The molecule has 1 fully saturated rings. The molecule has 1 aromatic carbocycles. The molecule has 0 aromatic heterocycles. The molecule has 0 aliphatic carbocycles. The molecular formula is C14H18IN3OS. The van der Waals surface area contributed by atoms with Crippen LogP contribution in [0.1, 0.15) is 15.9 Å². The molecule has 1 saturated heterocycles. The number of hydrogen-bond acceptors (Lipinski definition) is 3. The zero-order chi connectivity index (χ0) is 14.7. The summed E-state index contributed by atoms with van der Waals surface area (Å²) in [7, 11) is 2.09. The first-order valence-electron chi connectivity index (χ1n) is 6.52. The molecule has 1 heterocycles. The van der Waals surface area contributed by atoms with Gasteiger partial charge in [-0.1, -0.05) is 6.07 Å². The van der Waals surface area contributed by atoms with Crippen LogP contribution in [-0.2, 0) is 0 Å². The first kappa shape index (κ1) is 15.7. The van der Waals surface area contributed by atoms with E-state index in [-0.39, 0.29) is 5.91 Å². The van der Waals surface area contributed by atoms with Gasteiger partial charge in [0.25, 0.3) is 5.91 Å². The molecule has 1 aromatic rings. The van der Waals surface area contributed by atoms with Crippen LogP contribution in [0, 0.1) is 10.5 Å². The van der Waals surface area contributed by atoms with Crippen molar-refractivity contribution in [2.75, 3.05) is 33.2 Å². The second-order valence-corrected chi connectivity index (χ2v) is 6.56. The molecule has 0 bridgehead atoms. The summed E-state index contributed by atoms with van der Waals surface area (Å²) < 4.78 is 1.08. The highest BCUT2D eigenvalue weighted by atomic mass is 127. The van der Waals surface area contributed by atoms with E-state index in [1.54, 1.807) is 0 Å². The molecule has 6 heteroatoms. The number of carbonyl (C=O) groups is 1. The van der Waals surface area contributed by atoms with Gasteiger partial charge in [-0.15, -0.1) is 0 Å². The van der Waals surface area contributed by atoms with E-state index < -0.39 is 0 Å². The summed E-state index contributed by atoms with van der Waals surface area (Å²) in [5, 5.41) is 3.35. The summed E-state index contributed by atoms with van der Waals surface area (Å²) in [6.07, 6.45) is 0. The van der Waals surface area contributed by atoms with E-state index >= 15 is 0 Å². The second-order valence-electron chi connectivity index (χ2n) is 5.01. The van der Waals surface area contributed by atoms with Crippen LogP contribution in [0.2, 0.25) is 0 Å². The highest BCUT2D eigenvalue weighted by molar-refractivity contribution is 14.1. The molecule has 108 valence electrons. The highest BCUT2D eigenvalue weighted by Gasteiger charge is 2.18. The van der Waals surface area contributed by atoms with E-state index in [9.17, 15) is 4.79 Å². The molecule has 4 nitrogen and oxygen atoms in total. The summed E-state index contributed by atoms with van der Waals surface area (Å²) in [6.45, 7) is 5.69. The molecule has 0 atom stereocenters. The van der Waals surface area contributed by atoms with Crippen LogP contribution < -0.4 is 5.32 Å². The molecule has 0 unspecified atom stereocenters. The lowest BCUT2D eigenvalue weighted by Crippen LogP contribution is -2.51. The summed E-state index contributed by atoms with van der Waals surface area (Å²) in [5.74, 6) is -0.133. The Kier molecular flexibility index (Phi) is 5.34. The number of benzene rings is 1. The van der Waals surface area contributed by atoms with E-state index in [2.05, 4.69) is 39.9 Å². The van der Waals surface area contributed by atoms with Crippen LogP contribution in [0.15, 0.2) is 18.2 Å². The highest BCUT2D eigenvalue weighted by Crippen LogP contribution is 2.13. The first-order chi connectivity index (χ1) is 9.47. The monoisotopic (exact) mass is 403 g/mol. The lowest BCUT2D eigenvalue weighted by atomic mass is 10.1. The predicted octanol–water partition coefficient (Wildman–Crippen LogP) is 1.86. The quantitative estimate of drug-likeness (QED) is 0.574. The van der Waals surface area contributed by atoms with Crippen molar-refractivity contribution in [1.82, 2.24) is 15.1 Å². The molecule has 1 amide bonds. The molecular weight excluding hydrogens is 385 g/mol. The van der Waals surface area contributed by atoms with Crippen molar-refractivity contribution >= 4 is 45.8 Å². The number of nitrogens with zero attached hydrogens (tertiary/aromatic N) is 2. The summed E-state index contributed by atoms with van der Waals surface area (Å²) in [5.41, 5.74) is 1.82. The summed E-state index contributed by atoms with van der Waals surface area (Å²) in [6, 6.07) is 5.67. The number of piperazine rings is 1. The third-order valence-corrected chi connectivity index (χ3v) is 4.97. The summed E-state index contributed by atoms with van der Waals surface area (Å²) in [4.78, 5) is 16.5. The number of halogens is 1. The van der Waals surface area contributed by atoms with Crippen molar-refractivity contribution in [2.45, 2.75) is 6.92 Å². The third-order valence-electron chi connectivity index (χ3n) is 3.44. The standard InChI is InChI=1S/C14H18IN3OS/c1-10-3-4-11(9-12(10)15)13(19)16-14(20)18-7-5-17(2)6-8-18/h3-4,9H,5-8H2,1-2H3,(H,16,19,20). The first-order valence-corrected chi connectivity index (χ1v) is 8.01. The van der Waals surface area contributed by atoms with Gasteiger partial charge in [0, 0.05) is 35.3 Å². The number of likely N-dealkylation sites (N-methyl/N-ethyl adjacent to an activating group) is 1. The second kappa shape index (κ2) is 6.82. The number of thiocarbonyl (C=S) groups is 1. The normalized spacial score (nSPS) is 16.1. The van der Waals surface area contributed by atoms with Crippen molar-refractivity contribution in [3.8, 4) is 0 Å². The van der Waals surface area contributed by atoms with Gasteiger partial charge in [0.05, 0.1) is 0 Å². The minimum atomic E-state index is -0.133. The van der Waals surface area contributed by atoms with Gasteiger partial charge in [-0.2, -0.15) is 0 Å². The predicted molar refractivity (Wildman–Crippen MR) is 93.0 cm³/mol. The Bertz CT molecular complexity index is 527. The number of aryl methyl sites for hydroxylation is 1. The smallest absolute Gasteiger partial charge is 0.257 e. The van der Waals surface area contributed by atoms with Crippen molar-refractivity contribution in [1.29, 1.82) is 0 Å². The lowest BCUT2D eigenvalue weighted by molar-refractivity contribution is 0.0970.